The average molecular weight is 278 g/mol. The van der Waals surface area contributed by atoms with Gasteiger partial charge in [0.2, 0.25) is 0 Å². The number of carbonyl (C=O) groups is 1. The predicted molar refractivity (Wildman–Crippen MR) is 67.1 cm³/mol. The first-order valence-corrected chi connectivity index (χ1v) is 5.35. The van der Waals surface area contributed by atoms with Crippen LogP contribution in [0.25, 0.3) is 0 Å². The van der Waals surface area contributed by atoms with Gasteiger partial charge in [0.25, 0.3) is 0 Å². The van der Waals surface area contributed by atoms with Gasteiger partial charge in [0, 0.05) is 17.0 Å². The van der Waals surface area contributed by atoms with Gasteiger partial charge in [-0.3, -0.25) is 0 Å². The molecule has 6 heteroatoms. The van der Waals surface area contributed by atoms with Crippen LogP contribution in [0, 0.1) is 0 Å². The van der Waals surface area contributed by atoms with Crippen molar-refractivity contribution in [3.05, 3.63) is 28.8 Å². The number of hydrogen-bond acceptors (Lipinski definition) is 3. The maximum absolute atomic E-state index is 11.1. The van der Waals surface area contributed by atoms with E-state index < -0.39 is 6.09 Å². The van der Waals surface area contributed by atoms with Crippen LogP contribution in [0.4, 0.5) is 4.79 Å². The van der Waals surface area contributed by atoms with E-state index in [1.165, 1.54) is 0 Å². The number of hydrogen-bond donors (Lipinski definition) is 1. The predicted octanol–water partition coefficient (Wildman–Crippen LogP) is 2.94. The van der Waals surface area contributed by atoms with Gasteiger partial charge in [-0.1, -0.05) is 11.6 Å². The Morgan fingerprint density at radius 1 is 1.53 bits per heavy atom. The second kappa shape index (κ2) is 5.98. The molecule has 2 rings (SSSR count). The van der Waals surface area contributed by atoms with E-state index >= 15 is 0 Å². The van der Waals surface area contributed by atoms with Gasteiger partial charge >= 0.3 is 6.09 Å². The SMILES string of the molecule is COc1ccc(Cl)cc1[C@H]1CCOC(=O)N1.Cl. The molecular weight excluding hydrogens is 265 g/mol. The Hall–Kier alpha value is -1.13. The Bertz CT molecular complexity index is 412. The highest BCUT2D eigenvalue weighted by atomic mass is 35.5. The highest BCUT2D eigenvalue weighted by Gasteiger charge is 2.23. The van der Waals surface area contributed by atoms with Gasteiger partial charge in [-0.25, -0.2) is 4.79 Å². The third-order valence-electron chi connectivity index (χ3n) is 2.50. The third-order valence-corrected chi connectivity index (χ3v) is 2.73. The van der Waals surface area contributed by atoms with Crippen LogP contribution in [-0.4, -0.2) is 19.8 Å². The lowest BCUT2D eigenvalue weighted by molar-refractivity contribution is 0.115. The maximum Gasteiger partial charge on any atom is 0.407 e. The number of halogens is 2. The second-order valence-corrected chi connectivity index (χ2v) is 3.94. The summed E-state index contributed by atoms with van der Waals surface area (Å²) < 4.78 is 10.0. The summed E-state index contributed by atoms with van der Waals surface area (Å²) >= 11 is 5.93. The second-order valence-electron chi connectivity index (χ2n) is 3.51. The summed E-state index contributed by atoms with van der Waals surface area (Å²) in [4.78, 5) is 11.1. The lowest BCUT2D eigenvalue weighted by Crippen LogP contribution is -2.35. The molecule has 0 radical (unpaired) electrons. The minimum absolute atomic E-state index is 0. The maximum atomic E-state index is 11.1. The molecule has 0 unspecified atom stereocenters. The Balaban J connectivity index is 0.00000144. The first-order valence-electron chi connectivity index (χ1n) is 4.97. The number of carbonyl (C=O) groups excluding carboxylic acids is 1. The van der Waals surface area contributed by atoms with Crippen LogP contribution >= 0.6 is 24.0 Å². The Labute approximate surface area is 111 Å². The van der Waals surface area contributed by atoms with Crippen molar-refractivity contribution in [2.24, 2.45) is 0 Å². The average Bonchev–Trinajstić information content (AvgIpc) is 2.29. The summed E-state index contributed by atoms with van der Waals surface area (Å²) in [6.45, 7) is 0.409. The molecule has 4 nitrogen and oxygen atoms in total. The fourth-order valence-corrected chi connectivity index (χ4v) is 1.92. The van der Waals surface area contributed by atoms with Gasteiger partial charge in [-0.05, 0) is 18.2 Å². The molecule has 1 aliphatic heterocycles. The summed E-state index contributed by atoms with van der Waals surface area (Å²) in [5, 5.41) is 3.36. The van der Waals surface area contributed by atoms with Gasteiger partial charge in [0.05, 0.1) is 19.8 Å². The molecule has 1 aliphatic rings. The van der Waals surface area contributed by atoms with Crippen LogP contribution in [0.2, 0.25) is 5.02 Å². The fraction of sp³-hybridized carbons (Fsp3) is 0.364. The van der Waals surface area contributed by atoms with E-state index in [1.807, 2.05) is 0 Å². The number of nitrogens with one attached hydrogen (secondary N) is 1. The summed E-state index contributed by atoms with van der Waals surface area (Å²) in [6.07, 6.45) is 0.306. The summed E-state index contributed by atoms with van der Waals surface area (Å²) in [5.74, 6) is 0.719. The van der Waals surface area contributed by atoms with E-state index in [4.69, 9.17) is 21.1 Å². The van der Waals surface area contributed by atoms with Gasteiger partial charge in [-0.2, -0.15) is 0 Å². The monoisotopic (exact) mass is 277 g/mol. The molecule has 1 amide bonds. The highest BCUT2D eigenvalue weighted by molar-refractivity contribution is 6.30. The Kier molecular flexibility index (Phi) is 4.90. The zero-order chi connectivity index (χ0) is 11.5. The minimum Gasteiger partial charge on any atom is -0.496 e. The van der Waals surface area contributed by atoms with Crippen LogP contribution < -0.4 is 10.1 Å². The first-order chi connectivity index (χ1) is 7.70. The van der Waals surface area contributed by atoms with Gasteiger partial charge in [0.15, 0.2) is 0 Å². The van der Waals surface area contributed by atoms with Gasteiger partial charge < -0.3 is 14.8 Å². The van der Waals surface area contributed by atoms with Crippen LogP contribution in [0.3, 0.4) is 0 Å². The molecule has 1 saturated heterocycles. The van der Waals surface area contributed by atoms with Crippen LogP contribution in [-0.2, 0) is 4.74 Å². The molecule has 1 fully saturated rings. The summed E-state index contributed by atoms with van der Waals surface area (Å²) in [7, 11) is 1.59. The van der Waals surface area contributed by atoms with E-state index in [0.29, 0.717) is 18.1 Å². The number of ether oxygens (including phenoxy) is 2. The highest BCUT2D eigenvalue weighted by Crippen LogP contribution is 2.31. The Morgan fingerprint density at radius 3 is 2.94 bits per heavy atom. The number of amides is 1. The Morgan fingerprint density at radius 2 is 2.29 bits per heavy atom. The molecule has 1 aromatic carbocycles. The first kappa shape index (κ1) is 13.9. The molecule has 0 aliphatic carbocycles. The standard InChI is InChI=1S/C11H12ClNO3.ClH/c1-15-10-3-2-7(12)6-8(10)9-4-5-16-11(14)13-9;/h2-3,6,9H,4-5H2,1H3,(H,13,14);1H/t9-;/m1./s1. The van der Waals surface area contributed by atoms with Gasteiger partial charge in [0.1, 0.15) is 5.75 Å². The topological polar surface area (TPSA) is 47.6 Å². The zero-order valence-electron chi connectivity index (χ0n) is 9.23. The molecule has 1 aromatic rings. The minimum atomic E-state index is -0.404. The lowest BCUT2D eigenvalue weighted by Gasteiger charge is -2.25. The van der Waals surface area contributed by atoms with Crippen molar-refractivity contribution >= 4 is 30.1 Å². The van der Waals surface area contributed by atoms with Crippen LogP contribution in [0.15, 0.2) is 18.2 Å². The van der Waals surface area contributed by atoms with Crippen molar-refractivity contribution in [3.8, 4) is 5.75 Å². The number of cyclic esters (lactones) is 1. The van der Waals surface area contributed by atoms with Crippen LogP contribution in [0.5, 0.6) is 5.75 Å². The fourth-order valence-electron chi connectivity index (χ4n) is 1.74. The normalized spacial score (nSPS) is 18.7. The van der Waals surface area contributed by atoms with Crippen molar-refractivity contribution in [1.29, 1.82) is 0 Å². The van der Waals surface area contributed by atoms with Crippen molar-refractivity contribution in [3.63, 3.8) is 0 Å². The van der Waals surface area contributed by atoms with Gasteiger partial charge in [-0.15, -0.1) is 12.4 Å². The molecule has 0 spiro atoms. The van der Waals surface area contributed by atoms with Crippen molar-refractivity contribution in [1.82, 2.24) is 5.32 Å². The van der Waals surface area contributed by atoms with E-state index in [9.17, 15) is 4.79 Å². The van der Waals surface area contributed by atoms with Crippen molar-refractivity contribution in [2.75, 3.05) is 13.7 Å². The molecule has 1 atom stereocenters. The van der Waals surface area contributed by atoms with E-state index in [-0.39, 0.29) is 18.4 Å². The molecule has 94 valence electrons. The molecule has 1 heterocycles. The lowest BCUT2D eigenvalue weighted by atomic mass is 10.0. The summed E-state index contributed by atoms with van der Waals surface area (Å²) in [5.41, 5.74) is 0.881. The largest absolute Gasteiger partial charge is 0.496 e. The molecule has 1 N–H and O–H groups in total. The number of alkyl carbamates (subject to hydrolysis) is 1. The smallest absolute Gasteiger partial charge is 0.407 e. The summed E-state index contributed by atoms with van der Waals surface area (Å²) in [6, 6.07) is 5.25. The third kappa shape index (κ3) is 3.17. The quantitative estimate of drug-likeness (QED) is 0.904. The number of rotatable bonds is 2. The van der Waals surface area contributed by atoms with Crippen molar-refractivity contribution < 1.29 is 14.3 Å². The molecule has 0 saturated carbocycles. The molecular formula is C11H13Cl2NO3. The molecule has 0 bridgehead atoms. The van der Waals surface area contributed by atoms with Crippen molar-refractivity contribution in [2.45, 2.75) is 12.5 Å². The molecule has 0 aromatic heterocycles. The van der Waals surface area contributed by atoms with Crippen LogP contribution in [0.1, 0.15) is 18.0 Å². The number of benzene rings is 1. The van der Waals surface area contributed by atoms with E-state index in [2.05, 4.69) is 5.32 Å². The van der Waals surface area contributed by atoms with E-state index in [0.717, 1.165) is 11.3 Å². The number of methoxy groups -OCH3 is 1. The molecule has 17 heavy (non-hydrogen) atoms. The van der Waals surface area contributed by atoms with E-state index in [1.54, 1.807) is 25.3 Å². The zero-order valence-corrected chi connectivity index (χ0v) is 10.8.